The average molecular weight is 326 g/mol. The van der Waals surface area contributed by atoms with E-state index in [1.165, 1.54) is 32.1 Å². The summed E-state index contributed by atoms with van der Waals surface area (Å²) in [5.74, 6) is 2.70. The zero-order valence-electron chi connectivity index (χ0n) is 12.2. The molecule has 1 fully saturated rings. The van der Waals surface area contributed by atoms with Crippen LogP contribution in [0.5, 0.6) is 0 Å². The summed E-state index contributed by atoms with van der Waals surface area (Å²) in [6.07, 6.45) is 6.26. The maximum absolute atomic E-state index is 4.78. The zero-order valence-corrected chi connectivity index (χ0v) is 13.8. The van der Waals surface area contributed by atoms with Gasteiger partial charge < -0.3 is 4.90 Å². The van der Waals surface area contributed by atoms with Crippen LogP contribution < -0.4 is 4.90 Å². The highest BCUT2D eigenvalue weighted by Crippen LogP contribution is 2.39. The Balaban J connectivity index is 2.15. The molecule has 0 unspecified atom stereocenters. The lowest BCUT2D eigenvalue weighted by Crippen LogP contribution is -2.32. The molecule has 0 N–H and O–H groups in total. The van der Waals surface area contributed by atoms with Crippen molar-refractivity contribution < 1.29 is 0 Å². The third kappa shape index (κ3) is 4.16. The molecule has 19 heavy (non-hydrogen) atoms. The molecular formula is C15H24BrN3. The lowest BCUT2D eigenvalue weighted by molar-refractivity contribution is 0.617. The predicted octanol–water partition coefficient (Wildman–Crippen LogP) is 4.52. The van der Waals surface area contributed by atoms with Gasteiger partial charge in [-0.15, -0.1) is 0 Å². The average Bonchev–Trinajstić information content (AvgIpc) is 3.17. The first-order chi connectivity index (χ1) is 9.11. The minimum atomic E-state index is 0.478. The van der Waals surface area contributed by atoms with E-state index in [0.717, 1.165) is 22.8 Å². The monoisotopic (exact) mass is 325 g/mol. The van der Waals surface area contributed by atoms with Crippen molar-refractivity contribution in [2.24, 2.45) is 0 Å². The van der Waals surface area contributed by atoms with E-state index in [2.05, 4.69) is 52.7 Å². The molecule has 0 aromatic carbocycles. The third-order valence-electron chi connectivity index (χ3n) is 3.56. The summed E-state index contributed by atoms with van der Waals surface area (Å²) in [4.78, 5) is 11.7. The summed E-state index contributed by atoms with van der Waals surface area (Å²) in [6.45, 7) is 7.79. The predicted molar refractivity (Wildman–Crippen MR) is 83.7 cm³/mol. The molecule has 0 atom stereocenters. The molecule has 0 radical (unpaired) electrons. The van der Waals surface area contributed by atoms with Gasteiger partial charge in [0.05, 0.1) is 0 Å². The number of halogens is 1. The molecule has 1 aliphatic carbocycles. The van der Waals surface area contributed by atoms with Crippen LogP contribution in [0.25, 0.3) is 0 Å². The van der Waals surface area contributed by atoms with Crippen molar-refractivity contribution in [1.29, 1.82) is 0 Å². The molecule has 1 saturated carbocycles. The molecule has 0 amide bonds. The Morgan fingerprint density at radius 1 is 1.32 bits per heavy atom. The van der Waals surface area contributed by atoms with Crippen LogP contribution in [0.3, 0.4) is 0 Å². The molecular weight excluding hydrogens is 302 g/mol. The Kier molecular flexibility index (Phi) is 5.20. The molecule has 0 bridgehead atoms. The highest BCUT2D eigenvalue weighted by atomic mass is 79.9. The molecule has 1 heterocycles. The summed E-state index contributed by atoms with van der Waals surface area (Å²) in [7, 11) is 0. The molecule has 4 heteroatoms. The highest BCUT2D eigenvalue weighted by molar-refractivity contribution is 9.10. The summed E-state index contributed by atoms with van der Waals surface area (Å²) >= 11 is 3.53. The number of rotatable bonds is 7. The van der Waals surface area contributed by atoms with Crippen molar-refractivity contribution in [2.75, 3.05) is 11.4 Å². The molecule has 1 aromatic heterocycles. The number of anilines is 1. The number of unbranched alkanes of at least 4 members (excludes halogenated alkanes) is 2. The van der Waals surface area contributed by atoms with Gasteiger partial charge in [-0.1, -0.05) is 19.8 Å². The molecule has 1 aliphatic rings. The van der Waals surface area contributed by atoms with Crippen LogP contribution >= 0.6 is 15.9 Å². The van der Waals surface area contributed by atoms with Crippen molar-refractivity contribution in [3.05, 3.63) is 16.5 Å². The van der Waals surface area contributed by atoms with Crippen LogP contribution in [0.2, 0.25) is 0 Å². The van der Waals surface area contributed by atoms with Crippen LogP contribution in [-0.4, -0.2) is 22.6 Å². The molecule has 0 aliphatic heterocycles. The summed E-state index contributed by atoms with van der Waals surface area (Å²) in [5, 5.41) is 0. The van der Waals surface area contributed by atoms with E-state index in [-0.39, 0.29) is 0 Å². The van der Waals surface area contributed by atoms with Crippen molar-refractivity contribution >= 4 is 21.7 Å². The van der Waals surface area contributed by atoms with E-state index >= 15 is 0 Å². The van der Waals surface area contributed by atoms with Gasteiger partial charge in [0.2, 0.25) is 0 Å². The number of hydrogen-bond donors (Lipinski definition) is 0. The smallest absolute Gasteiger partial charge is 0.135 e. The maximum atomic E-state index is 4.78. The largest absolute Gasteiger partial charge is 0.354 e. The van der Waals surface area contributed by atoms with Crippen LogP contribution in [0.4, 0.5) is 5.82 Å². The Morgan fingerprint density at radius 3 is 2.63 bits per heavy atom. The number of hydrogen-bond acceptors (Lipinski definition) is 3. The fourth-order valence-electron chi connectivity index (χ4n) is 2.26. The van der Waals surface area contributed by atoms with Crippen molar-refractivity contribution in [3.63, 3.8) is 0 Å². The van der Waals surface area contributed by atoms with E-state index in [1.807, 2.05) is 0 Å². The first kappa shape index (κ1) is 14.8. The lowest BCUT2D eigenvalue weighted by Gasteiger charge is -2.28. The molecule has 1 aromatic rings. The van der Waals surface area contributed by atoms with Gasteiger partial charge in [-0.25, -0.2) is 9.97 Å². The fourth-order valence-corrected chi connectivity index (χ4v) is 2.65. The van der Waals surface area contributed by atoms with Gasteiger partial charge in [0, 0.05) is 24.6 Å². The molecule has 0 spiro atoms. The topological polar surface area (TPSA) is 29.0 Å². The second-order valence-corrected chi connectivity index (χ2v) is 6.49. The molecule has 2 rings (SSSR count). The van der Waals surface area contributed by atoms with Crippen molar-refractivity contribution in [1.82, 2.24) is 9.97 Å². The zero-order chi connectivity index (χ0) is 13.8. The SMILES string of the molecule is CCCCCN(c1cc(Br)nc(C2CC2)n1)C(C)C. The molecule has 3 nitrogen and oxygen atoms in total. The second kappa shape index (κ2) is 6.69. The summed E-state index contributed by atoms with van der Waals surface area (Å²) in [6, 6.07) is 2.53. The van der Waals surface area contributed by atoms with Gasteiger partial charge in [0.1, 0.15) is 16.2 Å². The first-order valence-corrected chi connectivity index (χ1v) is 8.22. The Bertz CT molecular complexity index is 416. The van der Waals surface area contributed by atoms with Crippen LogP contribution in [-0.2, 0) is 0 Å². The summed E-state index contributed by atoms with van der Waals surface area (Å²) in [5.41, 5.74) is 0. The van der Waals surface area contributed by atoms with E-state index < -0.39 is 0 Å². The Morgan fingerprint density at radius 2 is 2.05 bits per heavy atom. The molecule has 0 saturated heterocycles. The highest BCUT2D eigenvalue weighted by Gasteiger charge is 2.28. The maximum Gasteiger partial charge on any atom is 0.135 e. The van der Waals surface area contributed by atoms with E-state index in [0.29, 0.717) is 12.0 Å². The third-order valence-corrected chi connectivity index (χ3v) is 3.97. The first-order valence-electron chi connectivity index (χ1n) is 7.43. The van der Waals surface area contributed by atoms with Gasteiger partial charge in [0.25, 0.3) is 0 Å². The molecule has 106 valence electrons. The van der Waals surface area contributed by atoms with Crippen molar-refractivity contribution in [2.45, 2.75) is 64.8 Å². The second-order valence-electron chi connectivity index (χ2n) is 5.68. The van der Waals surface area contributed by atoms with E-state index in [4.69, 9.17) is 4.98 Å². The van der Waals surface area contributed by atoms with Crippen LogP contribution in [0, 0.1) is 0 Å². The lowest BCUT2D eigenvalue weighted by atomic mass is 10.2. The van der Waals surface area contributed by atoms with E-state index in [1.54, 1.807) is 0 Å². The van der Waals surface area contributed by atoms with Gasteiger partial charge in [0.15, 0.2) is 0 Å². The van der Waals surface area contributed by atoms with Crippen LogP contribution in [0.1, 0.15) is 64.6 Å². The van der Waals surface area contributed by atoms with Crippen LogP contribution in [0.15, 0.2) is 10.7 Å². The van der Waals surface area contributed by atoms with Crippen molar-refractivity contribution in [3.8, 4) is 0 Å². The van der Waals surface area contributed by atoms with Gasteiger partial charge >= 0.3 is 0 Å². The van der Waals surface area contributed by atoms with Gasteiger partial charge in [-0.3, -0.25) is 0 Å². The minimum absolute atomic E-state index is 0.478. The summed E-state index contributed by atoms with van der Waals surface area (Å²) < 4.78 is 0.917. The number of nitrogens with zero attached hydrogens (tertiary/aromatic N) is 3. The quantitative estimate of drug-likeness (QED) is 0.545. The standard InChI is InChI=1S/C15H24BrN3/c1-4-5-6-9-19(11(2)3)14-10-13(16)17-15(18-14)12-7-8-12/h10-12H,4-9H2,1-3H3. The van der Waals surface area contributed by atoms with E-state index in [9.17, 15) is 0 Å². The number of aromatic nitrogens is 2. The Labute approximate surface area is 125 Å². The fraction of sp³-hybridized carbons (Fsp3) is 0.733. The minimum Gasteiger partial charge on any atom is -0.354 e. The Hall–Kier alpha value is -0.640. The van der Waals surface area contributed by atoms with Gasteiger partial charge in [-0.2, -0.15) is 0 Å². The van der Waals surface area contributed by atoms with Gasteiger partial charge in [-0.05, 0) is 49.0 Å². The normalized spacial score (nSPS) is 15.0.